The number of hydrogen-bond donors (Lipinski definition) is 1. The number of Topliss-reactive ketones (excluding diaryl/α,β-unsaturated/α-hetero) is 1. The van der Waals surface area contributed by atoms with Crippen molar-refractivity contribution in [2.24, 2.45) is 5.92 Å². The van der Waals surface area contributed by atoms with E-state index in [0.717, 1.165) is 54.5 Å². The molecule has 1 fully saturated rings. The molecule has 1 saturated heterocycles. The van der Waals surface area contributed by atoms with Crippen LogP contribution in [-0.4, -0.2) is 40.0 Å². The third-order valence-electron chi connectivity index (χ3n) is 4.40. The summed E-state index contributed by atoms with van der Waals surface area (Å²) >= 11 is 1.65. The predicted molar refractivity (Wildman–Crippen MR) is 93.9 cm³/mol. The average Bonchev–Trinajstić information content (AvgIpc) is 2.99. The first kappa shape index (κ1) is 16.3. The molecule has 23 heavy (non-hydrogen) atoms. The van der Waals surface area contributed by atoms with Gasteiger partial charge in [0.05, 0.1) is 0 Å². The molecular weight excluding hydrogens is 306 g/mol. The van der Waals surface area contributed by atoms with Crippen molar-refractivity contribution in [3.63, 3.8) is 0 Å². The largest absolute Gasteiger partial charge is 0.345 e. The van der Waals surface area contributed by atoms with Gasteiger partial charge in [-0.1, -0.05) is 18.2 Å². The summed E-state index contributed by atoms with van der Waals surface area (Å²) in [6.07, 6.45) is 5.98. The number of aromatic nitrogens is 2. The highest BCUT2D eigenvalue weighted by Gasteiger charge is 2.27. The van der Waals surface area contributed by atoms with Crippen LogP contribution < -0.4 is 0 Å². The number of nitrogens with zero attached hydrogens (tertiary/aromatic N) is 2. The van der Waals surface area contributed by atoms with Gasteiger partial charge in [0.1, 0.15) is 5.82 Å². The molecule has 0 radical (unpaired) electrons. The van der Waals surface area contributed by atoms with Crippen molar-refractivity contribution in [1.82, 2.24) is 14.9 Å². The Morgan fingerprint density at radius 1 is 1.43 bits per heavy atom. The lowest BCUT2D eigenvalue weighted by molar-refractivity contribution is 0.0807. The highest BCUT2D eigenvalue weighted by molar-refractivity contribution is 7.98. The van der Waals surface area contributed by atoms with E-state index in [1.54, 1.807) is 11.8 Å². The molecule has 1 aliphatic heterocycles. The van der Waals surface area contributed by atoms with E-state index in [-0.39, 0.29) is 5.92 Å². The number of ketones is 1. The standard InChI is InChI=1S/C18H23N3OS/c1-13-19-10-15(20-13)12-21-9-5-6-14(11-21)18(22)16-7-3-4-8-17(16)23-2/h3-4,7-8,10,14H,5-6,9,11-12H2,1-2H3,(H,19,20)/t14-/m0/s1. The van der Waals surface area contributed by atoms with E-state index in [0.29, 0.717) is 5.78 Å². The number of benzene rings is 1. The van der Waals surface area contributed by atoms with Crippen LogP contribution in [0.25, 0.3) is 0 Å². The van der Waals surface area contributed by atoms with E-state index >= 15 is 0 Å². The molecule has 1 aromatic heterocycles. The van der Waals surface area contributed by atoms with Gasteiger partial charge in [0.15, 0.2) is 5.78 Å². The Morgan fingerprint density at radius 2 is 2.26 bits per heavy atom. The van der Waals surface area contributed by atoms with Gasteiger partial charge in [0.2, 0.25) is 0 Å². The fourth-order valence-electron chi connectivity index (χ4n) is 3.27. The summed E-state index contributed by atoms with van der Waals surface area (Å²) in [7, 11) is 0. The number of aromatic amines is 1. The number of carbonyl (C=O) groups excluding carboxylic acids is 1. The lowest BCUT2D eigenvalue weighted by Gasteiger charge is -2.31. The van der Waals surface area contributed by atoms with Gasteiger partial charge in [-0.3, -0.25) is 9.69 Å². The van der Waals surface area contributed by atoms with Gasteiger partial charge in [0, 0.05) is 41.4 Å². The molecule has 2 heterocycles. The van der Waals surface area contributed by atoms with Crippen molar-refractivity contribution in [3.05, 3.63) is 47.5 Å². The topological polar surface area (TPSA) is 49.0 Å². The molecule has 3 rings (SSSR count). The van der Waals surface area contributed by atoms with Crippen LogP contribution in [0, 0.1) is 12.8 Å². The quantitative estimate of drug-likeness (QED) is 0.673. The molecule has 2 aromatic rings. The van der Waals surface area contributed by atoms with Crippen LogP contribution in [0.4, 0.5) is 0 Å². The van der Waals surface area contributed by atoms with Crippen LogP contribution in [0.3, 0.4) is 0 Å². The number of imidazole rings is 1. The zero-order valence-corrected chi connectivity index (χ0v) is 14.5. The summed E-state index contributed by atoms with van der Waals surface area (Å²) in [5, 5.41) is 0. The first-order valence-electron chi connectivity index (χ1n) is 8.07. The van der Waals surface area contributed by atoms with Crippen LogP contribution in [0.5, 0.6) is 0 Å². The summed E-state index contributed by atoms with van der Waals surface area (Å²) in [4.78, 5) is 23.9. The summed E-state index contributed by atoms with van der Waals surface area (Å²) in [5.41, 5.74) is 2.00. The minimum Gasteiger partial charge on any atom is -0.345 e. The smallest absolute Gasteiger partial charge is 0.168 e. The zero-order valence-electron chi connectivity index (χ0n) is 13.7. The fraction of sp³-hybridized carbons (Fsp3) is 0.444. The van der Waals surface area contributed by atoms with Crippen LogP contribution in [0.1, 0.15) is 34.7 Å². The van der Waals surface area contributed by atoms with E-state index in [2.05, 4.69) is 14.9 Å². The average molecular weight is 329 g/mol. The number of H-pyrrole nitrogens is 1. The zero-order chi connectivity index (χ0) is 16.2. The minimum atomic E-state index is 0.0982. The number of nitrogens with one attached hydrogen (secondary N) is 1. The SMILES string of the molecule is CSc1ccccc1C(=O)[C@H]1CCCN(Cc2cnc(C)[nH]2)C1. The minimum absolute atomic E-state index is 0.0982. The van der Waals surface area contributed by atoms with Crippen molar-refractivity contribution >= 4 is 17.5 Å². The molecular formula is C18H23N3OS. The number of thioether (sulfide) groups is 1. The first-order chi connectivity index (χ1) is 11.2. The number of aryl methyl sites for hydroxylation is 1. The van der Waals surface area contributed by atoms with Crippen LogP contribution in [0.15, 0.2) is 35.4 Å². The van der Waals surface area contributed by atoms with E-state index in [9.17, 15) is 4.79 Å². The third-order valence-corrected chi connectivity index (χ3v) is 5.19. The van der Waals surface area contributed by atoms with Gasteiger partial charge in [0.25, 0.3) is 0 Å². The number of hydrogen-bond acceptors (Lipinski definition) is 4. The maximum atomic E-state index is 12.9. The van der Waals surface area contributed by atoms with E-state index in [4.69, 9.17) is 0 Å². The second-order valence-corrected chi connectivity index (χ2v) is 6.98. The van der Waals surface area contributed by atoms with Crippen molar-refractivity contribution in [3.8, 4) is 0 Å². The van der Waals surface area contributed by atoms with Crippen LogP contribution in [-0.2, 0) is 6.54 Å². The van der Waals surface area contributed by atoms with Gasteiger partial charge in [-0.15, -0.1) is 11.8 Å². The molecule has 0 aliphatic carbocycles. The highest BCUT2D eigenvalue weighted by Crippen LogP contribution is 2.27. The Bertz CT molecular complexity index is 682. The van der Waals surface area contributed by atoms with E-state index in [1.807, 2.05) is 43.6 Å². The molecule has 0 amide bonds. The maximum Gasteiger partial charge on any atom is 0.168 e. The lowest BCUT2D eigenvalue weighted by atomic mass is 9.90. The maximum absolute atomic E-state index is 12.9. The molecule has 0 bridgehead atoms. The summed E-state index contributed by atoms with van der Waals surface area (Å²) in [6.45, 7) is 4.69. The lowest BCUT2D eigenvalue weighted by Crippen LogP contribution is -2.38. The number of likely N-dealkylation sites (tertiary alicyclic amines) is 1. The van der Waals surface area contributed by atoms with Crippen LogP contribution in [0.2, 0.25) is 0 Å². The second-order valence-electron chi connectivity index (χ2n) is 6.13. The molecule has 1 aliphatic rings. The van der Waals surface area contributed by atoms with Crippen LogP contribution >= 0.6 is 11.8 Å². The van der Waals surface area contributed by atoms with Crippen molar-refractivity contribution in [2.75, 3.05) is 19.3 Å². The molecule has 0 saturated carbocycles. The number of carbonyl (C=O) groups is 1. The van der Waals surface area contributed by atoms with Gasteiger partial charge >= 0.3 is 0 Å². The van der Waals surface area contributed by atoms with Crippen molar-refractivity contribution in [1.29, 1.82) is 0 Å². The van der Waals surface area contributed by atoms with Gasteiger partial charge < -0.3 is 4.98 Å². The number of rotatable bonds is 5. The molecule has 5 heteroatoms. The summed E-state index contributed by atoms with van der Waals surface area (Å²) in [6, 6.07) is 7.95. The Balaban J connectivity index is 1.69. The van der Waals surface area contributed by atoms with Gasteiger partial charge in [-0.25, -0.2) is 4.98 Å². The monoisotopic (exact) mass is 329 g/mol. The number of piperidine rings is 1. The molecule has 0 spiro atoms. The normalized spacial score (nSPS) is 19.0. The van der Waals surface area contributed by atoms with Gasteiger partial charge in [-0.05, 0) is 38.6 Å². The Hall–Kier alpha value is -1.59. The summed E-state index contributed by atoms with van der Waals surface area (Å²) < 4.78 is 0. The molecule has 0 unspecified atom stereocenters. The first-order valence-corrected chi connectivity index (χ1v) is 9.30. The molecule has 4 nitrogen and oxygen atoms in total. The Labute approximate surface area is 141 Å². The highest BCUT2D eigenvalue weighted by atomic mass is 32.2. The third kappa shape index (κ3) is 3.85. The molecule has 1 atom stereocenters. The summed E-state index contributed by atoms with van der Waals surface area (Å²) in [5.74, 6) is 1.33. The van der Waals surface area contributed by atoms with Crippen molar-refractivity contribution in [2.45, 2.75) is 31.2 Å². The van der Waals surface area contributed by atoms with Gasteiger partial charge in [-0.2, -0.15) is 0 Å². The fourth-order valence-corrected chi connectivity index (χ4v) is 3.88. The Morgan fingerprint density at radius 3 is 3.00 bits per heavy atom. The predicted octanol–water partition coefficient (Wildman–Crippen LogP) is 3.53. The molecule has 1 aromatic carbocycles. The molecule has 1 N–H and O–H groups in total. The second kappa shape index (κ2) is 7.32. The van der Waals surface area contributed by atoms with E-state index in [1.165, 1.54) is 0 Å². The molecule has 122 valence electrons. The Kier molecular flexibility index (Phi) is 5.18. The van der Waals surface area contributed by atoms with Crippen molar-refractivity contribution < 1.29 is 4.79 Å². The van der Waals surface area contributed by atoms with E-state index < -0.39 is 0 Å².